The maximum Gasteiger partial charge on any atom is 0.266 e. The van der Waals surface area contributed by atoms with E-state index in [0.29, 0.717) is 28.0 Å². The van der Waals surface area contributed by atoms with Crippen LogP contribution in [0.5, 0.6) is 0 Å². The van der Waals surface area contributed by atoms with Crippen LogP contribution in [0.3, 0.4) is 0 Å². The van der Waals surface area contributed by atoms with Gasteiger partial charge in [0.05, 0.1) is 5.02 Å². The van der Waals surface area contributed by atoms with E-state index in [1.807, 2.05) is 24.3 Å². The van der Waals surface area contributed by atoms with Gasteiger partial charge in [-0.25, -0.2) is 4.98 Å². The molecule has 4 rings (SSSR count). The Kier molecular flexibility index (Phi) is 4.45. The molecular weight excluding hydrogens is 378 g/mol. The van der Waals surface area contributed by atoms with E-state index in [1.54, 1.807) is 16.5 Å². The molecule has 0 aliphatic carbocycles. The van der Waals surface area contributed by atoms with Crippen LogP contribution in [0.4, 0.5) is 5.13 Å². The molecule has 0 bridgehead atoms. The Balaban J connectivity index is 1.59. The number of aromatic nitrogens is 1. The minimum Gasteiger partial charge on any atom is -0.326 e. The van der Waals surface area contributed by atoms with Crippen LogP contribution in [0.15, 0.2) is 35.8 Å². The van der Waals surface area contributed by atoms with Gasteiger partial charge in [0.15, 0.2) is 5.13 Å². The Morgan fingerprint density at radius 3 is 2.92 bits per heavy atom. The van der Waals surface area contributed by atoms with Crippen molar-refractivity contribution < 1.29 is 9.59 Å². The van der Waals surface area contributed by atoms with E-state index in [-0.39, 0.29) is 11.8 Å². The summed E-state index contributed by atoms with van der Waals surface area (Å²) in [7, 11) is 0. The Morgan fingerprint density at radius 1 is 1.32 bits per heavy atom. The lowest BCUT2D eigenvalue weighted by Crippen LogP contribution is -2.43. The number of rotatable bonds is 3. The fourth-order valence-electron chi connectivity index (χ4n) is 3.04. The first kappa shape index (κ1) is 16.5. The smallest absolute Gasteiger partial charge is 0.266 e. The molecule has 0 radical (unpaired) electrons. The third-order valence-corrected chi connectivity index (χ3v) is 6.56. The predicted octanol–water partition coefficient (Wildman–Crippen LogP) is 4.25. The van der Waals surface area contributed by atoms with E-state index in [4.69, 9.17) is 11.6 Å². The number of likely N-dealkylation sites (tertiary alicyclic amines) is 1. The van der Waals surface area contributed by atoms with Gasteiger partial charge in [-0.05, 0) is 18.9 Å². The molecular formula is C17H14ClN3O2S2. The van der Waals surface area contributed by atoms with Crippen molar-refractivity contribution in [2.45, 2.75) is 18.9 Å². The molecule has 2 amide bonds. The largest absolute Gasteiger partial charge is 0.326 e. The first-order valence-corrected chi connectivity index (χ1v) is 9.91. The number of halogens is 1. The molecule has 2 aromatic heterocycles. The van der Waals surface area contributed by atoms with Crippen molar-refractivity contribution >= 4 is 61.3 Å². The van der Waals surface area contributed by atoms with Gasteiger partial charge in [-0.1, -0.05) is 29.8 Å². The van der Waals surface area contributed by atoms with Gasteiger partial charge in [-0.3, -0.25) is 9.59 Å². The van der Waals surface area contributed by atoms with Crippen LogP contribution in [0.1, 0.15) is 22.5 Å². The second kappa shape index (κ2) is 6.74. The van der Waals surface area contributed by atoms with Gasteiger partial charge in [0.1, 0.15) is 10.9 Å². The number of hydrogen-bond acceptors (Lipinski definition) is 5. The number of thiophene rings is 1. The van der Waals surface area contributed by atoms with Crippen LogP contribution in [0.25, 0.3) is 10.1 Å². The molecule has 1 aromatic carbocycles. The number of fused-ring (bicyclic) bond motifs is 1. The molecule has 0 spiro atoms. The Bertz CT molecular complexity index is 939. The van der Waals surface area contributed by atoms with Gasteiger partial charge in [-0.15, -0.1) is 22.7 Å². The topological polar surface area (TPSA) is 62.3 Å². The lowest BCUT2D eigenvalue weighted by molar-refractivity contribution is -0.119. The Hall–Kier alpha value is -1.96. The molecule has 1 saturated heterocycles. The number of hydrogen-bond donors (Lipinski definition) is 1. The highest BCUT2D eigenvalue weighted by Gasteiger charge is 2.36. The summed E-state index contributed by atoms with van der Waals surface area (Å²) >= 11 is 9.16. The summed E-state index contributed by atoms with van der Waals surface area (Å²) in [6, 6.07) is 7.18. The highest BCUT2D eigenvalue weighted by molar-refractivity contribution is 7.21. The molecule has 128 valence electrons. The number of nitrogens with zero attached hydrogens (tertiary/aromatic N) is 2. The van der Waals surface area contributed by atoms with Crippen molar-refractivity contribution in [3.63, 3.8) is 0 Å². The molecule has 3 heterocycles. The second-order valence-corrected chi connectivity index (χ2v) is 8.05. The highest BCUT2D eigenvalue weighted by atomic mass is 35.5. The van der Waals surface area contributed by atoms with Crippen LogP contribution in [0, 0.1) is 0 Å². The second-order valence-electron chi connectivity index (χ2n) is 5.72. The maximum atomic E-state index is 13.0. The van der Waals surface area contributed by atoms with E-state index in [9.17, 15) is 9.59 Å². The minimum atomic E-state index is -0.488. The van der Waals surface area contributed by atoms with Gasteiger partial charge in [0, 0.05) is 28.2 Å². The van der Waals surface area contributed by atoms with Crippen molar-refractivity contribution in [1.82, 2.24) is 9.88 Å². The fraction of sp³-hybridized carbons (Fsp3) is 0.235. The van der Waals surface area contributed by atoms with Crippen LogP contribution in [-0.2, 0) is 4.79 Å². The molecule has 0 saturated carbocycles. The number of carbonyl (C=O) groups excluding carboxylic acids is 2. The van der Waals surface area contributed by atoms with E-state index in [1.165, 1.54) is 22.7 Å². The van der Waals surface area contributed by atoms with E-state index >= 15 is 0 Å². The van der Waals surface area contributed by atoms with Crippen molar-refractivity contribution in [3.8, 4) is 0 Å². The number of anilines is 1. The van der Waals surface area contributed by atoms with Crippen molar-refractivity contribution in [3.05, 3.63) is 45.7 Å². The summed E-state index contributed by atoms with van der Waals surface area (Å²) in [5.74, 6) is -0.374. The summed E-state index contributed by atoms with van der Waals surface area (Å²) in [5, 5.41) is 6.47. The summed E-state index contributed by atoms with van der Waals surface area (Å²) < 4.78 is 0.971. The van der Waals surface area contributed by atoms with Gasteiger partial charge >= 0.3 is 0 Å². The summed E-state index contributed by atoms with van der Waals surface area (Å²) in [5.41, 5.74) is 0. The average molecular weight is 392 g/mol. The third kappa shape index (κ3) is 3.03. The van der Waals surface area contributed by atoms with Crippen LogP contribution >= 0.6 is 34.3 Å². The number of carbonyl (C=O) groups is 2. The molecule has 1 aliphatic rings. The zero-order valence-corrected chi connectivity index (χ0v) is 15.5. The molecule has 1 N–H and O–H groups in total. The third-order valence-electron chi connectivity index (χ3n) is 4.21. The molecule has 1 unspecified atom stereocenters. The van der Waals surface area contributed by atoms with Gasteiger partial charge in [0.2, 0.25) is 5.91 Å². The SMILES string of the molecule is O=C(Nc1nccs1)C1CCCN1C(=O)c1sc2ccccc2c1Cl. The van der Waals surface area contributed by atoms with Crippen molar-refractivity contribution in [2.75, 3.05) is 11.9 Å². The normalized spacial score (nSPS) is 17.2. The number of amides is 2. The van der Waals surface area contributed by atoms with Gasteiger partial charge in [0.25, 0.3) is 5.91 Å². The molecule has 25 heavy (non-hydrogen) atoms. The Labute approximate surface area is 157 Å². The lowest BCUT2D eigenvalue weighted by Gasteiger charge is -2.23. The monoisotopic (exact) mass is 391 g/mol. The first-order valence-electron chi connectivity index (χ1n) is 7.83. The highest BCUT2D eigenvalue weighted by Crippen LogP contribution is 2.37. The van der Waals surface area contributed by atoms with Crippen molar-refractivity contribution in [2.24, 2.45) is 0 Å². The minimum absolute atomic E-state index is 0.178. The van der Waals surface area contributed by atoms with E-state index in [0.717, 1.165) is 16.5 Å². The van der Waals surface area contributed by atoms with Gasteiger partial charge in [-0.2, -0.15) is 0 Å². The number of benzene rings is 1. The van der Waals surface area contributed by atoms with Crippen LogP contribution in [0.2, 0.25) is 5.02 Å². The zero-order chi connectivity index (χ0) is 17.4. The summed E-state index contributed by atoms with van der Waals surface area (Å²) in [4.78, 5) is 31.7. The number of nitrogens with one attached hydrogen (secondary N) is 1. The molecule has 3 aromatic rings. The summed E-state index contributed by atoms with van der Waals surface area (Å²) in [6.45, 7) is 0.555. The predicted molar refractivity (Wildman–Crippen MR) is 102 cm³/mol. The van der Waals surface area contributed by atoms with Crippen LogP contribution < -0.4 is 5.32 Å². The Morgan fingerprint density at radius 2 is 2.16 bits per heavy atom. The molecule has 1 fully saturated rings. The molecule has 8 heteroatoms. The van der Waals surface area contributed by atoms with E-state index in [2.05, 4.69) is 10.3 Å². The first-order chi connectivity index (χ1) is 12.1. The standard InChI is InChI=1S/C17H14ClN3O2S2/c18-13-10-4-1-2-6-12(10)25-14(13)16(23)21-8-3-5-11(21)15(22)20-17-19-7-9-24-17/h1-2,4,6-7,9,11H,3,5,8H2,(H,19,20,22). The van der Waals surface area contributed by atoms with Gasteiger partial charge < -0.3 is 10.2 Å². The quantitative estimate of drug-likeness (QED) is 0.725. The van der Waals surface area contributed by atoms with E-state index < -0.39 is 6.04 Å². The van der Waals surface area contributed by atoms with Crippen LogP contribution in [-0.4, -0.2) is 34.3 Å². The zero-order valence-electron chi connectivity index (χ0n) is 13.1. The van der Waals surface area contributed by atoms with Crippen molar-refractivity contribution in [1.29, 1.82) is 0 Å². The maximum absolute atomic E-state index is 13.0. The average Bonchev–Trinajstić information content (AvgIpc) is 3.34. The summed E-state index contributed by atoms with van der Waals surface area (Å²) in [6.07, 6.45) is 3.07. The molecule has 1 aliphatic heterocycles. The number of thiazole rings is 1. The fourth-order valence-corrected chi connectivity index (χ4v) is 5.04. The lowest BCUT2D eigenvalue weighted by atomic mass is 10.2. The molecule has 1 atom stereocenters. The molecule has 5 nitrogen and oxygen atoms in total.